The molecule has 2 rings (SSSR count). The zero-order valence-corrected chi connectivity index (χ0v) is 10.3. The Bertz CT molecular complexity index is 557. The highest BCUT2D eigenvalue weighted by atomic mass is 35.5. The summed E-state index contributed by atoms with van der Waals surface area (Å²) in [5.41, 5.74) is 6.21. The molecule has 6 heteroatoms. The highest BCUT2D eigenvalue weighted by molar-refractivity contribution is 6.33. The summed E-state index contributed by atoms with van der Waals surface area (Å²) in [5.74, 6) is 0.209. The standard InChI is InChI=1S/C12H11ClFN3O/c1-18-12-9(15)5-6-10(17-12)16-11-7(13)3-2-4-8(11)14/h2-6H,15H2,1H3,(H,16,17). The lowest BCUT2D eigenvalue weighted by Gasteiger charge is -2.10. The summed E-state index contributed by atoms with van der Waals surface area (Å²) < 4.78 is 18.5. The fraction of sp³-hybridized carbons (Fsp3) is 0.0833. The van der Waals surface area contributed by atoms with Crippen molar-refractivity contribution in [2.75, 3.05) is 18.2 Å². The molecule has 0 fully saturated rings. The molecule has 0 unspecified atom stereocenters. The van der Waals surface area contributed by atoms with Gasteiger partial charge in [-0.2, -0.15) is 4.98 Å². The van der Waals surface area contributed by atoms with Gasteiger partial charge in [-0.3, -0.25) is 0 Å². The second kappa shape index (κ2) is 5.10. The highest BCUT2D eigenvalue weighted by Gasteiger charge is 2.09. The van der Waals surface area contributed by atoms with Crippen LogP contribution in [0.5, 0.6) is 5.88 Å². The number of pyridine rings is 1. The number of nitrogens with one attached hydrogen (secondary N) is 1. The summed E-state index contributed by atoms with van der Waals surface area (Å²) in [6, 6.07) is 7.65. The number of nitrogen functional groups attached to an aromatic ring is 1. The van der Waals surface area contributed by atoms with Crippen molar-refractivity contribution in [3.63, 3.8) is 0 Å². The smallest absolute Gasteiger partial charge is 0.238 e. The van der Waals surface area contributed by atoms with Crippen molar-refractivity contribution in [2.24, 2.45) is 0 Å². The maximum absolute atomic E-state index is 13.6. The highest BCUT2D eigenvalue weighted by Crippen LogP contribution is 2.29. The number of anilines is 3. The molecule has 0 aliphatic rings. The fourth-order valence-corrected chi connectivity index (χ4v) is 1.64. The second-order valence-corrected chi connectivity index (χ2v) is 3.92. The SMILES string of the molecule is COc1nc(Nc2c(F)cccc2Cl)ccc1N. The number of rotatable bonds is 3. The molecule has 0 aliphatic carbocycles. The minimum absolute atomic E-state index is 0.165. The van der Waals surface area contributed by atoms with Gasteiger partial charge in [0.1, 0.15) is 11.6 Å². The lowest BCUT2D eigenvalue weighted by atomic mass is 10.3. The van der Waals surface area contributed by atoms with Gasteiger partial charge < -0.3 is 15.8 Å². The number of aromatic nitrogens is 1. The van der Waals surface area contributed by atoms with Crippen LogP contribution in [0.2, 0.25) is 5.02 Å². The van der Waals surface area contributed by atoms with E-state index in [4.69, 9.17) is 22.1 Å². The number of halogens is 2. The number of benzene rings is 1. The summed E-state index contributed by atoms with van der Waals surface area (Å²) in [6.07, 6.45) is 0. The Balaban J connectivity index is 2.34. The third-order valence-electron chi connectivity index (χ3n) is 2.30. The molecule has 1 heterocycles. The van der Waals surface area contributed by atoms with Crippen LogP contribution >= 0.6 is 11.6 Å². The van der Waals surface area contributed by atoms with Crippen LogP contribution in [0.4, 0.5) is 21.6 Å². The predicted molar refractivity (Wildman–Crippen MR) is 69.9 cm³/mol. The molecule has 0 bridgehead atoms. The lowest BCUT2D eigenvalue weighted by molar-refractivity contribution is 0.401. The zero-order valence-electron chi connectivity index (χ0n) is 9.58. The molecule has 1 aromatic heterocycles. The summed E-state index contributed by atoms with van der Waals surface area (Å²) >= 11 is 5.90. The first-order valence-corrected chi connectivity index (χ1v) is 5.51. The molecule has 0 radical (unpaired) electrons. The normalized spacial score (nSPS) is 10.2. The first-order valence-electron chi connectivity index (χ1n) is 5.13. The molecule has 18 heavy (non-hydrogen) atoms. The second-order valence-electron chi connectivity index (χ2n) is 3.52. The van der Waals surface area contributed by atoms with Crippen LogP contribution in [0, 0.1) is 5.82 Å². The first kappa shape index (κ1) is 12.4. The quantitative estimate of drug-likeness (QED) is 0.896. The Kier molecular flexibility index (Phi) is 3.53. The maximum Gasteiger partial charge on any atom is 0.238 e. The number of nitrogens with two attached hydrogens (primary N) is 1. The van der Waals surface area contributed by atoms with Crippen LogP contribution < -0.4 is 15.8 Å². The molecule has 2 aromatic rings. The summed E-state index contributed by atoms with van der Waals surface area (Å²) in [4.78, 5) is 4.08. The third-order valence-corrected chi connectivity index (χ3v) is 2.61. The number of hydrogen-bond acceptors (Lipinski definition) is 4. The van der Waals surface area contributed by atoms with Crippen molar-refractivity contribution >= 4 is 28.8 Å². The van der Waals surface area contributed by atoms with E-state index >= 15 is 0 Å². The van der Waals surface area contributed by atoms with Gasteiger partial charge in [0.25, 0.3) is 0 Å². The van der Waals surface area contributed by atoms with E-state index in [1.54, 1.807) is 18.2 Å². The monoisotopic (exact) mass is 267 g/mol. The van der Waals surface area contributed by atoms with Gasteiger partial charge in [-0.1, -0.05) is 17.7 Å². The lowest BCUT2D eigenvalue weighted by Crippen LogP contribution is -2.01. The minimum atomic E-state index is -0.458. The molecule has 0 aliphatic heterocycles. The van der Waals surface area contributed by atoms with Gasteiger partial charge in [-0.25, -0.2) is 4.39 Å². The number of hydrogen-bond donors (Lipinski definition) is 2. The van der Waals surface area contributed by atoms with Gasteiger partial charge in [0.15, 0.2) is 0 Å². The van der Waals surface area contributed by atoms with E-state index in [-0.39, 0.29) is 16.6 Å². The van der Waals surface area contributed by atoms with Crippen molar-refractivity contribution in [1.29, 1.82) is 0 Å². The van der Waals surface area contributed by atoms with Crippen LogP contribution in [-0.4, -0.2) is 12.1 Å². The van der Waals surface area contributed by atoms with Gasteiger partial charge in [0.2, 0.25) is 5.88 Å². The van der Waals surface area contributed by atoms with Crippen LogP contribution in [-0.2, 0) is 0 Å². The summed E-state index contributed by atoms with van der Waals surface area (Å²) in [6.45, 7) is 0. The van der Waals surface area contributed by atoms with Crippen LogP contribution in [0.15, 0.2) is 30.3 Å². The molecule has 94 valence electrons. The number of para-hydroxylation sites is 1. The Hall–Kier alpha value is -2.01. The first-order chi connectivity index (χ1) is 8.61. The average Bonchev–Trinajstić information content (AvgIpc) is 2.36. The minimum Gasteiger partial charge on any atom is -0.479 e. The Morgan fingerprint density at radius 3 is 2.78 bits per heavy atom. The van der Waals surface area contributed by atoms with Crippen LogP contribution in [0.25, 0.3) is 0 Å². The number of nitrogens with zero attached hydrogens (tertiary/aromatic N) is 1. The molecule has 4 nitrogen and oxygen atoms in total. The predicted octanol–water partition coefficient (Wildman–Crippen LogP) is 3.21. The molecular weight excluding hydrogens is 257 g/mol. The molecule has 1 aromatic carbocycles. The van der Waals surface area contributed by atoms with Crippen molar-refractivity contribution in [1.82, 2.24) is 4.98 Å². The molecule has 0 spiro atoms. The molecular formula is C12H11ClFN3O. The maximum atomic E-state index is 13.6. The Morgan fingerprint density at radius 1 is 1.33 bits per heavy atom. The van der Waals surface area contributed by atoms with Crippen LogP contribution in [0.3, 0.4) is 0 Å². The van der Waals surface area contributed by atoms with E-state index in [1.165, 1.54) is 19.2 Å². The molecule has 0 saturated carbocycles. The van der Waals surface area contributed by atoms with E-state index < -0.39 is 5.82 Å². The molecule has 0 atom stereocenters. The van der Waals surface area contributed by atoms with Gasteiger partial charge >= 0.3 is 0 Å². The van der Waals surface area contributed by atoms with Gasteiger partial charge in [-0.05, 0) is 24.3 Å². The topological polar surface area (TPSA) is 60.2 Å². The van der Waals surface area contributed by atoms with E-state index in [1.807, 2.05) is 0 Å². The summed E-state index contributed by atoms with van der Waals surface area (Å²) in [5, 5.41) is 3.06. The van der Waals surface area contributed by atoms with E-state index in [9.17, 15) is 4.39 Å². The third kappa shape index (κ3) is 2.46. The van der Waals surface area contributed by atoms with Gasteiger partial charge in [0, 0.05) is 0 Å². The largest absolute Gasteiger partial charge is 0.479 e. The molecule has 0 amide bonds. The van der Waals surface area contributed by atoms with Gasteiger partial charge in [0.05, 0.1) is 23.5 Å². The van der Waals surface area contributed by atoms with E-state index in [0.29, 0.717) is 11.5 Å². The van der Waals surface area contributed by atoms with Crippen molar-refractivity contribution in [2.45, 2.75) is 0 Å². The Morgan fingerprint density at radius 2 is 2.11 bits per heavy atom. The Labute approximate surface area is 109 Å². The van der Waals surface area contributed by atoms with Gasteiger partial charge in [-0.15, -0.1) is 0 Å². The van der Waals surface area contributed by atoms with Crippen molar-refractivity contribution < 1.29 is 9.13 Å². The van der Waals surface area contributed by atoms with E-state index in [0.717, 1.165) is 0 Å². The molecule has 0 saturated heterocycles. The summed E-state index contributed by atoms with van der Waals surface area (Å²) in [7, 11) is 1.46. The van der Waals surface area contributed by atoms with Crippen molar-refractivity contribution in [3.8, 4) is 5.88 Å². The number of ether oxygens (including phenoxy) is 1. The number of methoxy groups -OCH3 is 1. The van der Waals surface area contributed by atoms with Crippen LogP contribution in [0.1, 0.15) is 0 Å². The fourth-order valence-electron chi connectivity index (χ4n) is 1.43. The zero-order chi connectivity index (χ0) is 13.1. The van der Waals surface area contributed by atoms with E-state index in [2.05, 4.69) is 10.3 Å². The van der Waals surface area contributed by atoms with Crippen molar-refractivity contribution in [3.05, 3.63) is 41.2 Å². The average molecular weight is 268 g/mol. The molecule has 3 N–H and O–H groups in total.